The third-order valence-electron chi connectivity index (χ3n) is 4.26. The van der Waals surface area contributed by atoms with Gasteiger partial charge in [-0.3, -0.25) is 20.4 Å². The Kier molecular flexibility index (Phi) is 9.11. The van der Waals surface area contributed by atoms with Gasteiger partial charge < -0.3 is 10.6 Å². The molecule has 0 aliphatic carbocycles. The molecule has 0 aromatic heterocycles. The quantitative estimate of drug-likeness (QED) is 0.396. The van der Waals surface area contributed by atoms with E-state index in [1.807, 2.05) is 36.4 Å². The molecule has 4 N–H and O–H groups in total. The summed E-state index contributed by atoms with van der Waals surface area (Å²) in [6.07, 6.45) is 1.06. The summed E-state index contributed by atoms with van der Waals surface area (Å²) in [5.41, 5.74) is 6.69. The summed E-state index contributed by atoms with van der Waals surface area (Å²) in [5, 5.41) is 6.35. The monoisotopic (exact) mass is 412 g/mol. The highest BCUT2D eigenvalue weighted by molar-refractivity contribution is 7.80. The molecular formula is C22H28N4O2S. The Balaban J connectivity index is 1.93. The van der Waals surface area contributed by atoms with Gasteiger partial charge in [-0.1, -0.05) is 62.4 Å². The predicted molar refractivity (Wildman–Crippen MR) is 119 cm³/mol. The second-order valence-corrected chi connectivity index (χ2v) is 7.53. The van der Waals surface area contributed by atoms with Crippen LogP contribution in [0.4, 0.5) is 0 Å². The maximum absolute atomic E-state index is 12.6. The van der Waals surface area contributed by atoms with Gasteiger partial charge in [0.1, 0.15) is 0 Å². The molecule has 2 aromatic carbocycles. The molecule has 0 heterocycles. The van der Waals surface area contributed by atoms with Crippen molar-refractivity contribution >= 4 is 29.1 Å². The minimum atomic E-state index is -0.465. The van der Waals surface area contributed by atoms with Crippen LogP contribution in [0.5, 0.6) is 0 Å². The topological polar surface area (TPSA) is 82.3 Å². The lowest BCUT2D eigenvalue weighted by Gasteiger charge is -2.20. The molecule has 0 fully saturated rings. The fourth-order valence-electron chi connectivity index (χ4n) is 2.65. The molecule has 1 atom stereocenters. The Morgan fingerprint density at radius 1 is 0.931 bits per heavy atom. The molecule has 6 nitrogen and oxygen atoms in total. The maximum atomic E-state index is 12.6. The van der Waals surface area contributed by atoms with E-state index in [1.54, 1.807) is 24.3 Å². The van der Waals surface area contributed by atoms with Gasteiger partial charge in [0.2, 0.25) is 5.91 Å². The molecule has 0 aliphatic heterocycles. The highest BCUT2D eigenvalue weighted by atomic mass is 32.1. The van der Waals surface area contributed by atoms with Crippen LogP contribution in [0.1, 0.15) is 48.7 Å². The van der Waals surface area contributed by atoms with E-state index in [0.29, 0.717) is 16.6 Å². The molecule has 2 amide bonds. The Labute approximate surface area is 177 Å². The summed E-state index contributed by atoms with van der Waals surface area (Å²) in [6, 6.07) is 17.9. The Hall–Kier alpha value is -2.93. The number of hydrogen-bond acceptors (Lipinski definition) is 3. The second kappa shape index (κ2) is 11.8. The van der Waals surface area contributed by atoms with E-state index in [-0.39, 0.29) is 18.2 Å². The Morgan fingerprint density at radius 3 is 2.17 bits per heavy atom. The lowest BCUT2D eigenvalue weighted by atomic mass is 10.0. The summed E-state index contributed by atoms with van der Waals surface area (Å²) in [6.45, 7) is 5.00. The first-order valence-electron chi connectivity index (χ1n) is 9.69. The molecule has 2 aromatic rings. The Bertz CT molecular complexity index is 797. The van der Waals surface area contributed by atoms with Gasteiger partial charge in [-0.25, -0.2) is 0 Å². The van der Waals surface area contributed by atoms with Crippen molar-refractivity contribution in [3.63, 3.8) is 0 Å². The number of hydrazine groups is 1. The van der Waals surface area contributed by atoms with E-state index >= 15 is 0 Å². The number of benzene rings is 2. The van der Waals surface area contributed by atoms with Gasteiger partial charge in [0, 0.05) is 12.1 Å². The first kappa shape index (κ1) is 22.4. The number of thiocarbonyl (C=S) groups is 1. The van der Waals surface area contributed by atoms with Gasteiger partial charge in [-0.15, -0.1) is 0 Å². The second-order valence-electron chi connectivity index (χ2n) is 7.12. The van der Waals surface area contributed by atoms with Crippen LogP contribution in [0, 0.1) is 5.92 Å². The normalized spacial score (nSPS) is 11.4. The molecule has 29 heavy (non-hydrogen) atoms. The standard InChI is InChI=1S/C22H28N4O2S/c1-16(2)13-14-23-22(29)26-25-20(27)15-19(17-9-5-3-6-10-17)24-21(28)18-11-7-4-8-12-18/h3-12,16,19H,13-15H2,1-2H3,(H,24,28)(H,25,27)(H2,23,26,29)/t19-/m1/s1. The van der Waals surface area contributed by atoms with Crippen molar-refractivity contribution in [3.05, 3.63) is 71.8 Å². The third-order valence-corrected chi connectivity index (χ3v) is 4.50. The lowest BCUT2D eigenvalue weighted by molar-refractivity contribution is -0.122. The molecule has 0 aliphatic rings. The number of carbonyl (C=O) groups excluding carboxylic acids is 2. The summed E-state index contributed by atoms with van der Waals surface area (Å²) in [4.78, 5) is 25.0. The van der Waals surface area contributed by atoms with Crippen molar-refractivity contribution < 1.29 is 9.59 Å². The molecule has 0 saturated carbocycles. The molecule has 0 bridgehead atoms. The van der Waals surface area contributed by atoms with E-state index in [2.05, 4.69) is 35.3 Å². The van der Waals surface area contributed by atoms with Crippen molar-refractivity contribution in [1.29, 1.82) is 0 Å². The molecule has 0 spiro atoms. The summed E-state index contributed by atoms with van der Waals surface area (Å²) in [5.74, 6) is 0.0612. The van der Waals surface area contributed by atoms with Crippen molar-refractivity contribution in [2.24, 2.45) is 5.92 Å². The number of hydrogen-bond donors (Lipinski definition) is 4. The van der Waals surface area contributed by atoms with Gasteiger partial charge in [0.25, 0.3) is 5.91 Å². The fourth-order valence-corrected chi connectivity index (χ4v) is 2.80. The van der Waals surface area contributed by atoms with Crippen LogP contribution in [0.15, 0.2) is 60.7 Å². The van der Waals surface area contributed by atoms with Crippen LogP contribution in [0.2, 0.25) is 0 Å². The molecule has 0 radical (unpaired) electrons. The zero-order valence-corrected chi connectivity index (χ0v) is 17.6. The highest BCUT2D eigenvalue weighted by Crippen LogP contribution is 2.17. The lowest BCUT2D eigenvalue weighted by Crippen LogP contribution is -2.48. The highest BCUT2D eigenvalue weighted by Gasteiger charge is 2.19. The molecule has 0 saturated heterocycles. The largest absolute Gasteiger partial charge is 0.361 e. The first-order valence-corrected chi connectivity index (χ1v) is 10.1. The minimum Gasteiger partial charge on any atom is -0.361 e. The van der Waals surface area contributed by atoms with Crippen molar-refractivity contribution in [2.75, 3.05) is 6.54 Å². The van der Waals surface area contributed by atoms with E-state index in [4.69, 9.17) is 12.2 Å². The number of nitrogens with one attached hydrogen (secondary N) is 4. The van der Waals surface area contributed by atoms with Crippen molar-refractivity contribution in [2.45, 2.75) is 32.7 Å². The van der Waals surface area contributed by atoms with Crippen molar-refractivity contribution in [1.82, 2.24) is 21.5 Å². The van der Waals surface area contributed by atoms with E-state index in [1.165, 1.54) is 0 Å². The van der Waals surface area contributed by atoms with Gasteiger partial charge in [0.15, 0.2) is 5.11 Å². The SMILES string of the molecule is CC(C)CCNC(=S)NNC(=O)C[C@@H](NC(=O)c1ccccc1)c1ccccc1. The Morgan fingerprint density at radius 2 is 1.55 bits per heavy atom. The zero-order valence-electron chi connectivity index (χ0n) is 16.8. The van der Waals surface area contributed by atoms with E-state index < -0.39 is 6.04 Å². The predicted octanol–water partition coefficient (Wildman–Crippen LogP) is 3.09. The van der Waals surface area contributed by atoms with Gasteiger partial charge in [-0.2, -0.15) is 0 Å². The third kappa shape index (κ3) is 8.31. The van der Waals surface area contributed by atoms with Gasteiger partial charge in [0.05, 0.1) is 12.5 Å². The summed E-state index contributed by atoms with van der Waals surface area (Å²) < 4.78 is 0. The minimum absolute atomic E-state index is 0.0736. The number of carbonyl (C=O) groups is 2. The van der Waals surface area contributed by atoms with Crippen LogP contribution in [0.3, 0.4) is 0 Å². The van der Waals surface area contributed by atoms with Crippen LogP contribution in [-0.2, 0) is 4.79 Å². The number of rotatable bonds is 8. The van der Waals surface area contributed by atoms with Gasteiger partial charge >= 0.3 is 0 Å². The smallest absolute Gasteiger partial charge is 0.251 e. The summed E-state index contributed by atoms with van der Waals surface area (Å²) >= 11 is 5.16. The average Bonchev–Trinajstić information content (AvgIpc) is 2.72. The molecule has 2 rings (SSSR count). The van der Waals surface area contributed by atoms with Crippen molar-refractivity contribution in [3.8, 4) is 0 Å². The maximum Gasteiger partial charge on any atom is 0.251 e. The molecular weight excluding hydrogens is 384 g/mol. The molecule has 0 unspecified atom stereocenters. The fraction of sp³-hybridized carbons (Fsp3) is 0.318. The summed E-state index contributed by atoms with van der Waals surface area (Å²) in [7, 11) is 0. The van der Waals surface area contributed by atoms with Gasteiger partial charge in [-0.05, 0) is 42.3 Å². The van der Waals surface area contributed by atoms with Crippen LogP contribution >= 0.6 is 12.2 Å². The van der Waals surface area contributed by atoms with E-state index in [9.17, 15) is 9.59 Å². The van der Waals surface area contributed by atoms with Crippen LogP contribution in [0.25, 0.3) is 0 Å². The van der Waals surface area contributed by atoms with Crippen LogP contribution in [-0.4, -0.2) is 23.5 Å². The van der Waals surface area contributed by atoms with E-state index in [0.717, 1.165) is 18.5 Å². The number of amides is 2. The first-order chi connectivity index (χ1) is 14.0. The molecule has 154 valence electrons. The average molecular weight is 413 g/mol. The zero-order chi connectivity index (χ0) is 21.1. The van der Waals surface area contributed by atoms with Crippen LogP contribution < -0.4 is 21.5 Å². The molecule has 7 heteroatoms.